The summed E-state index contributed by atoms with van der Waals surface area (Å²) in [7, 11) is 0. The maximum atomic E-state index is 12.2. The number of nitrogens with one attached hydrogen (secondary N) is 1. The molecule has 0 bridgehead atoms. The van der Waals surface area contributed by atoms with E-state index in [0.29, 0.717) is 32.5 Å². The van der Waals surface area contributed by atoms with Gasteiger partial charge in [0.1, 0.15) is 0 Å². The molecule has 0 spiro atoms. The van der Waals surface area contributed by atoms with Crippen molar-refractivity contribution < 1.29 is 22.7 Å². The van der Waals surface area contributed by atoms with Crippen molar-refractivity contribution in [2.75, 3.05) is 13.2 Å². The summed E-state index contributed by atoms with van der Waals surface area (Å²) in [6.07, 6.45) is 1.03. The fraction of sp³-hybridized carbons (Fsp3) is 0.500. The Morgan fingerprint density at radius 1 is 1.29 bits per heavy atom. The van der Waals surface area contributed by atoms with Gasteiger partial charge in [0.15, 0.2) is 0 Å². The Morgan fingerprint density at radius 2 is 1.95 bits per heavy atom. The van der Waals surface area contributed by atoms with Gasteiger partial charge < -0.3 is 10.1 Å². The summed E-state index contributed by atoms with van der Waals surface area (Å²) in [5.74, 6) is -0.215. The Hall–Kier alpha value is -1.21. The third kappa shape index (κ3) is 8.62. The SMILES string of the molecule is CCOC(=O)CCCNCc1ccc(SC(F)(F)F)cc1. The predicted molar refractivity (Wildman–Crippen MR) is 75.9 cm³/mol. The summed E-state index contributed by atoms with van der Waals surface area (Å²) in [6, 6.07) is 6.22. The monoisotopic (exact) mass is 321 g/mol. The van der Waals surface area contributed by atoms with E-state index in [2.05, 4.69) is 5.32 Å². The molecule has 1 aromatic rings. The van der Waals surface area contributed by atoms with Crippen LogP contribution in [0.4, 0.5) is 13.2 Å². The van der Waals surface area contributed by atoms with Crippen LogP contribution >= 0.6 is 11.8 Å². The van der Waals surface area contributed by atoms with Gasteiger partial charge in [-0.25, -0.2) is 0 Å². The Morgan fingerprint density at radius 3 is 2.52 bits per heavy atom. The van der Waals surface area contributed by atoms with Gasteiger partial charge in [0.25, 0.3) is 0 Å². The van der Waals surface area contributed by atoms with Gasteiger partial charge in [0.05, 0.1) is 6.61 Å². The number of thioether (sulfide) groups is 1. The van der Waals surface area contributed by atoms with Gasteiger partial charge in [-0.15, -0.1) is 0 Å². The standard InChI is InChI=1S/C14H18F3NO2S/c1-2-20-13(19)4-3-9-18-10-11-5-7-12(8-6-11)21-14(15,16)17/h5-8,18H,2-4,9-10H2,1H3. The highest BCUT2D eigenvalue weighted by Gasteiger charge is 2.28. The first-order valence-corrected chi connectivity index (χ1v) is 7.43. The van der Waals surface area contributed by atoms with Crippen LogP contribution in [0.15, 0.2) is 29.2 Å². The van der Waals surface area contributed by atoms with Crippen molar-refractivity contribution in [3.63, 3.8) is 0 Å². The highest BCUT2D eigenvalue weighted by molar-refractivity contribution is 8.00. The van der Waals surface area contributed by atoms with Crippen LogP contribution in [0.25, 0.3) is 0 Å². The summed E-state index contributed by atoms with van der Waals surface area (Å²) in [6.45, 7) is 3.35. The quantitative estimate of drug-likeness (QED) is 0.450. The van der Waals surface area contributed by atoms with Crippen LogP contribution in [0.3, 0.4) is 0 Å². The minimum Gasteiger partial charge on any atom is -0.466 e. The van der Waals surface area contributed by atoms with Gasteiger partial charge in [-0.3, -0.25) is 4.79 Å². The molecule has 0 fully saturated rings. The number of rotatable bonds is 8. The molecule has 0 saturated heterocycles. The molecule has 0 aromatic heterocycles. The zero-order valence-corrected chi connectivity index (χ0v) is 12.5. The molecule has 0 atom stereocenters. The lowest BCUT2D eigenvalue weighted by atomic mass is 10.2. The lowest BCUT2D eigenvalue weighted by molar-refractivity contribution is -0.143. The van der Waals surface area contributed by atoms with Crippen LogP contribution in [-0.2, 0) is 16.1 Å². The fourth-order valence-corrected chi connectivity index (χ4v) is 2.17. The summed E-state index contributed by atoms with van der Waals surface area (Å²) in [4.78, 5) is 11.3. The molecular weight excluding hydrogens is 303 g/mol. The summed E-state index contributed by atoms with van der Waals surface area (Å²) in [5, 5.41) is 3.13. The Bertz CT molecular complexity index is 435. The fourth-order valence-electron chi connectivity index (χ4n) is 1.63. The van der Waals surface area contributed by atoms with E-state index in [1.54, 1.807) is 19.1 Å². The van der Waals surface area contributed by atoms with Gasteiger partial charge in [-0.05, 0) is 49.3 Å². The highest BCUT2D eigenvalue weighted by atomic mass is 32.2. The first-order chi connectivity index (χ1) is 9.90. The van der Waals surface area contributed by atoms with Crippen molar-refractivity contribution in [2.24, 2.45) is 0 Å². The maximum Gasteiger partial charge on any atom is 0.446 e. The van der Waals surface area contributed by atoms with E-state index in [1.165, 1.54) is 12.1 Å². The molecule has 118 valence electrons. The molecule has 1 N–H and O–H groups in total. The van der Waals surface area contributed by atoms with E-state index in [0.717, 1.165) is 5.56 Å². The van der Waals surface area contributed by atoms with Crippen LogP contribution in [0, 0.1) is 0 Å². The number of benzene rings is 1. The summed E-state index contributed by atoms with van der Waals surface area (Å²) < 4.78 is 41.3. The van der Waals surface area contributed by atoms with Crippen molar-refractivity contribution in [3.05, 3.63) is 29.8 Å². The highest BCUT2D eigenvalue weighted by Crippen LogP contribution is 2.36. The van der Waals surface area contributed by atoms with Crippen molar-refractivity contribution in [1.29, 1.82) is 0 Å². The third-order valence-corrected chi connectivity index (χ3v) is 3.27. The number of carbonyl (C=O) groups excluding carboxylic acids is 1. The minimum absolute atomic E-state index is 0.123. The molecule has 0 radical (unpaired) electrons. The lowest BCUT2D eigenvalue weighted by Gasteiger charge is -2.07. The van der Waals surface area contributed by atoms with E-state index in [9.17, 15) is 18.0 Å². The van der Waals surface area contributed by atoms with Crippen LogP contribution < -0.4 is 5.32 Å². The minimum atomic E-state index is -4.26. The number of esters is 1. The zero-order valence-electron chi connectivity index (χ0n) is 11.7. The van der Waals surface area contributed by atoms with E-state index in [4.69, 9.17) is 4.74 Å². The van der Waals surface area contributed by atoms with Crippen molar-refractivity contribution in [1.82, 2.24) is 5.32 Å². The van der Waals surface area contributed by atoms with E-state index >= 15 is 0 Å². The number of hydrogen-bond acceptors (Lipinski definition) is 4. The lowest BCUT2D eigenvalue weighted by Crippen LogP contribution is -2.16. The molecule has 0 saturated carbocycles. The molecule has 3 nitrogen and oxygen atoms in total. The largest absolute Gasteiger partial charge is 0.466 e. The Kier molecular flexibility index (Phi) is 7.60. The molecule has 0 unspecified atom stereocenters. The van der Waals surface area contributed by atoms with Gasteiger partial charge in [0.2, 0.25) is 0 Å². The van der Waals surface area contributed by atoms with Crippen LogP contribution in [0.5, 0.6) is 0 Å². The second kappa shape index (κ2) is 8.94. The number of ether oxygens (including phenoxy) is 1. The van der Waals surface area contributed by atoms with Crippen molar-refractivity contribution in [3.8, 4) is 0 Å². The van der Waals surface area contributed by atoms with Crippen molar-refractivity contribution >= 4 is 17.7 Å². The van der Waals surface area contributed by atoms with Crippen LogP contribution in [0.2, 0.25) is 0 Å². The molecule has 0 heterocycles. The molecule has 1 rings (SSSR count). The molecule has 0 aliphatic heterocycles. The average Bonchev–Trinajstić information content (AvgIpc) is 2.39. The number of carbonyl (C=O) groups is 1. The molecule has 1 aromatic carbocycles. The van der Waals surface area contributed by atoms with Gasteiger partial charge in [-0.1, -0.05) is 12.1 Å². The average molecular weight is 321 g/mol. The molecule has 0 amide bonds. The zero-order chi connectivity index (χ0) is 15.7. The first kappa shape index (κ1) is 17.8. The molecular formula is C14H18F3NO2S. The number of alkyl halides is 3. The second-order valence-corrected chi connectivity index (χ2v) is 5.42. The molecule has 0 aliphatic carbocycles. The molecule has 7 heteroatoms. The van der Waals surface area contributed by atoms with Gasteiger partial charge >= 0.3 is 11.5 Å². The van der Waals surface area contributed by atoms with E-state index in [1.807, 2.05) is 0 Å². The predicted octanol–water partition coefficient (Wildman–Crippen LogP) is 3.73. The smallest absolute Gasteiger partial charge is 0.446 e. The normalized spacial score (nSPS) is 11.4. The Labute approximate surface area is 126 Å². The maximum absolute atomic E-state index is 12.2. The Balaban J connectivity index is 2.22. The molecule has 0 aliphatic rings. The third-order valence-electron chi connectivity index (χ3n) is 2.53. The second-order valence-electron chi connectivity index (χ2n) is 4.28. The van der Waals surface area contributed by atoms with Gasteiger partial charge in [0, 0.05) is 17.9 Å². The molecule has 21 heavy (non-hydrogen) atoms. The number of halogens is 3. The van der Waals surface area contributed by atoms with Crippen molar-refractivity contribution in [2.45, 2.75) is 36.7 Å². The van der Waals surface area contributed by atoms with E-state index < -0.39 is 5.51 Å². The van der Waals surface area contributed by atoms with E-state index in [-0.39, 0.29) is 22.6 Å². The first-order valence-electron chi connectivity index (χ1n) is 6.61. The van der Waals surface area contributed by atoms with Crippen LogP contribution in [0.1, 0.15) is 25.3 Å². The number of hydrogen-bond donors (Lipinski definition) is 1. The topological polar surface area (TPSA) is 38.3 Å². The van der Waals surface area contributed by atoms with Crippen LogP contribution in [-0.4, -0.2) is 24.6 Å². The summed E-state index contributed by atoms with van der Waals surface area (Å²) in [5.41, 5.74) is -3.36. The summed E-state index contributed by atoms with van der Waals surface area (Å²) >= 11 is -0.123. The van der Waals surface area contributed by atoms with Gasteiger partial charge in [-0.2, -0.15) is 13.2 Å².